The molecule has 6 nitrogen and oxygen atoms in total. The molecule has 29 heavy (non-hydrogen) atoms. The quantitative estimate of drug-likeness (QED) is 0.215. The Morgan fingerprint density at radius 2 is 1.48 bits per heavy atom. The first-order valence-electron chi connectivity index (χ1n) is 8.09. The van der Waals surface area contributed by atoms with Crippen LogP contribution < -0.4 is 14.1 Å². The van der Waals surface area contributed by atoms with Gasteiger partial charge in [-0.3, -0.25) is 4.79 Å². The molecule has 12 heteroatoms. The van der Waals surface area contributed by atoms with Crippen molar-refractivity contribution in [2.24, 2.45) is 0 Å². The lowest BCUT2D eigenvalue weighted by molar-refractivity contribution is -0.144. The van der Waals surface area contributed by atoms with E-state index in [9.17, 15) is 31.3 Å². The highest BCUT2D eigenvalue weighted by atomic mass is 31.2. The van der Waals surface area contributed by atoms with Crippen LogP contribution in [0.25, 0.3) is 0 Å². The molecule has 0 amide bonds. The normalized spacial score (nSPS) is 14.0. The van der Waals surface area contributed by atoms with Crippen molar-refractivity contribution < 1.29 is 45.1 Å². The average molecular weight is 439 g/mol. The number of nitrogens with one attached hydrogen (secondary N) is 1. The zero-order chi connectivity index (χ0) is 21.8. The van der Waals surface area contributed by atoms with Gasteiger partial charge in [-0.1, -0.05) is 18.2 Å². The standard InChI is InChI=1S/C17H15F5NO5P/c1-3-26-17(24)9(2)23-29(25,27-10-7-5-4-6-8-10)28-16-14(21)12(19)11(18)13(20)15(16)22/h4-9H,3H2,1-2H3,(H,23,25)/t9-,29?/m0/s1. The maximum atomic E-state index is 13.9. The molecule has 0 heterocycles. The van der Waals surface area contributed by atoms with Crippen molar-refractivity contribution in [1.82, 2.24) is 5.09 Å². The summed E-state index contributed by atoms with van der Waals surface area (Å²) in [5.41, 5.74) is 0. The number of halogens is 5. The molecule has 0 aromatic heterocycles. The molecule has 1 unspecified atom stereocenters. The van der Waals surface area contributed by atoms with Gasteiger partial charge in [-0.05, 0) is 26.0 Å². The molecule has 0 spiro atoms. The van der Waals surface area contributed by atoms with Crippen molar-refractivity contribution >= 4 is 13.7 Å². The molecule has 1 N–H and O–H groups in total. The smallest absolute Gasteiger partial charge is 0.465 e. The summed E-state index contributed by atoms with van der Waals surface area (Å²) in [5.74, 6) is -14.6. The fraction of sp³-hybridized carbons (Fsp3) is 0.235. The van der Waals surface area contributed by atoms with Crippen molar-refractivity contribution in [3.8, 4) is 11.5 Å². The van der Waals surface area contributed by atoms with Crippen LogP contribution in [0, 0.1) is 29.1 Å². The van der Waals surface area contributed by atoms with Crippen LogP contribution in [0.4, 0.5) is 22.0 Å². The minimum absolute atomic E-state index is 0.0345. The third-order valence-corrected chi connectivity index (χ3v) is 4.92. The highest BCUT2D eigenvalue weighted by Crippen LogP contribution is 2.47. The Balaban J connectivity index is 2.46. The van der Waals surface area contributed by atoms with Crippen LogP contribution >= 0.6 is 7.75 Å². The summed E-state index contributed by atoms with van der Waals surface area (Å²) < 4.78 is 95.4. The first-order valence-corrected chi connectivity index (χ1v) is 9.64. The van der Waals surface area contributed by atoms with Gasteiger partial charge in [0.1, 0.15) is 11.8 Å². The Bertz CT molecular complexity index is 915. The molecule has 0 fully saturated rings. The van der Waals surface area contributed by atoms with Crippen LogP contribution in [0.15, 0.2) is 30.3 Å². The summed E-state index contributed by atoms with van der Waals surface area (Å²) in [4.78, 5) is 11.8. The van der Waals surface area contributed by atoms with Crippen LogP contribution in [0.3, 0.4) is 0 Å². The summed E-state index contributed by atoms with van der Waals surface area (Å²) in [7, 11) is -4.89. The predicted octanol–water partition coefficient (Wildman–Crippen LogP) is 4.49. The van der Waals surface area contributed by atoms with Gasteiger partial charge in [0.05, 0.1) is 6.61 Å². The fourth-order valence-corrected chi connectivity index (χ4v) is 3.56. The van der Waals surface area contributed by atoms with E-state index in [-0.39, 0.29) is 12.4 Å². The maximum Gasteiger partial charge on any atom is 0.513 e. The molecule has 0 saturated heterocycles. The second-order valence-electron chi connectivity index (χ2n) is 5.49. The number of esters is 1. The van der Waals surface area contributed by atoms with Gasteiger partial charge in [-0.15, -0.1) is 0 Å². The monoisotopic (exact) mass is 439 g/mol. The molecule has 0 bridgehead atoms. The second-order valence-corrected chi connectivity index (χ2v) is 7.11. The van der Waals surface area contributed by atoms with Crippen molar-refractivity contribution in [2.75, 3.05) is 6.61 Å². The van der Waals surface area contributed by atoms with E-state index in [1.807, 2.05) is 5.09 Å². The number of carbonyl (C=O) groups is 1. The predicted molar refractivity (Wildman–Crippen MR) is 90.8 cm³/mol. The maximum absolute atomic E-state index is 13.9. The summed E-state index contributed by atoms with van der Waals surface area (Å²) in [6, 6.07) is 5.65. The lowest BCUT2D eigenvalue weighted by atomic mass is 10.3. The molecule has 0 aliphatic heterocycles. The molecule has 0 aliphatic carbocycles. The summed E-state index contributed by atoms with van der Waals surface area (Å²) in [6.45, 7) is 2.63. The number of para-hydroxylation sites is 1. The SMILES string of the molecule is CCOC(=O)[C@H](C)NP(=O)(Oc1ccccc1)Oc1c(F)c(F)c(F)c(F)c1F. The van der Waals surface area contributed by atoms with E-state index < -0.39 is 54.6 Å². The first-order chi connectivity index (χ1) is 13.6. The van der Waals surface area contributed by atoms with Gasteiger partial charge in [0, 0.05) is 0 Å². The van der Waals surface area contributed by atoms with E-state index in [2.05, 4.69) is 4.52 Å². The minimum atomic E-state index is -4.89. The van der Waals surface area contributed by atoms with Crippen molar-refractivity contribution in [3.05, 3.63) is 59.4 Å². The molecule has 2 aromatic rings. The molecular formula is C17H15F5NO5P. The minimum Gasteiger partial charge on any atom is -0.465 e. The third-order valence-electron chi connectivity index (χ3n) is 3.34. The molecule has 0 saturated carbocycles. The van der Waals surface area contributed by atoms with E-state index in [4.69, 9.17) is 9.26 Å². The lowest BCUT2D eigenvalue weighted by Crippen LogP contribution is -2.36. The largest absolute Gasteiger partial charge is 0.513 e. The zero-order valence-electron chi connectivity index (χ0n) is 15.0. The van der Waals surface area contributed by atoms with Crippen LogP contribution in [0.5, 0.6) is 11.5 Å². The summed E-state index contributed by atoms with van der Waals surface area (Å²) in [6.07, 6.45) is 0. The fourth-order valence-electron chi connectivity index (χ4n) is 2.03. The van der Waals surface area contributed by atoms with Gasteiger partial charge in [0.15, 0.2) is 0 Å². The Morgan fingerprint density at radius 1 is 0.966 bits per heavy atom. The van der Waals surface area contributed by atoms with Gasteiger partial charge in [0.25, 0.3) is 0 Å². The molecule has 158 valence electrons. The van der Waals surface area contributed by atoms with E-state index in [0.29, 0.717) is 0 Å². The first kappa shape index (κ1) is 22.6. The molecule has 0 aliphatic rings. The Hall–Kier alpha value is -2.65. The van der Waals surface area contributed by atoms with Crippen molar-refractivity contribution in [1.29, 1.82) is 0 Å². The van der Waals surface area contributed by atoms with Gasteiger partial charge in [-0.2, -0.15) is 13.9 Å². The van der Waals surface area contributed by atoms with Gasteiger partial charge >= 0.3 is 13.7 Å². The van der Waals surface area contributed by atoms with Crippen LogP contribution in [-0.4, -0.2) is 18.6 Å². The van der Waals surface area contributed by atoms with Gasteiger partial charge in [0.2, 0.25) is 34.8 Å². The third kappa shape index (κ3) is 5.24. The number of hydrogen-bond donors (Lipinski definition) is 1. The Morgan fingerprint density at radius 3 is 2.00 bits per heavy atom. The lowest BCUT2D eigenvalue weighted by Gasteiger charge is -2.23. The average Bonchev–Trinajstić information content (AvgIpc) is 2.69. The zero-order valence-corrected chi connectivity index (χ0v) is 15.9. The van der Waals surface area contributed by atoms with E-state index in [1.165, 1.54) is 38.1 Å². The number of carbonyl (C=O) groups excluding carboxylic acids is 1. The molecule has 0 radical (unpaired) electrons. The number of hydrogen-bond acceptors (Lipinski definition) is 5. The second kappa shape index (κ2) is 9.23. The molecule has 2 aromatic carbocycles. The number of ether oxygens (including phenoxy) is 1. The Kier molecular flexibility index (Phi) is 7.21. The number of benzene rings is 2. The highest BCUT2D eigenvalue weighted by molar-refractivity contribution is 7.52. The van der Waals surface area contributed by atoms with Crippen molar-refractivity contribution in [2.45, 2.75) is 19.9 Å². The van der Waals surface area contributed by atoms with Gasteiger partial charge < -0.3 is 13.8 Å². The molecule has 2 rings (SSSR count). The molecule has 2 atom stereocenters. The molecular weight excluding hydrogens is 424 g/mol. The van der Waals surface area contributed by atoms with Crippen LogP contribution in [0.1, 0.15) is 13.8 Å². The van der Waals surface area contributed by atoms with Crippen LogP contribution in [0.2, 0.25) is 0 Å². The topological polar surface area (TPSA) is 73.9 Å². The van der Waals surface area contributed by atoms with Crippen molar-refractivity contribution in [3.63, 3.8) is 0 Å². The van der Waals surface area contributed by atoms with Crippen LogP contribution in [-0.2, 0) is 14.1 Å². The summed E-state index contributed by atoms with van der Waals surface area (Å²) >= 11 is 0. The number of rotatable bonds is 8. The summed E-state index contributed by atoms with van der Waals surface area (Å²) in [5, 5.41) is 2.05. The highest BCUT2D eigenvalue weighted by Gasteiger charge is 2.38. The van der Waals surface area contributed by atoms with Gasteiger partial charge in [-0.25, -0.2) is 17.7 Å². The van der Waals surface area contributed by atoms with E-state index in [0.717, 1.165) is 0 Å². The van der Waals surface area contributed by atoms with E-state index in [1.54, 1.807) is 6.07 Å². The van der Waals surface area contributed by atoms with E-state index >= 15 is 0 Å². The Labute approximate surface area is 162 Å².